The van der Waals surface area contributed by atoms with Crippen LogP contribution < -0.4 is 0 Å². The number of hydrogen-bond donors (Lipinski definition) is 0. The normalized spacial score (nSPS) is 17.9. The van der Waals surface area contributed by atoms with Gasteiger partial charge < -0.3 is 9.57 Å². The topological polar surface area (TPSA) is 34.1 Å². The average molecular weight is 200 g/mol. The van der Waals surface area contributed by atoms with Crippen molar-refractivity contribution >= 4 is 5.71 Å². The number of oxime groups is 1. The minimum absolute atomic E-state index is 0.711. The maximum absolute atomic E-state index is 5.26. The van der Waals surface area contributed by atoms with Gasteiger partial charge >= 0.3 is 0 Å². The van der Waals surface area contributed by atoms with Crippen LogP contribution in [0.15, 0.2) is 5.16 Å². The summed E-state index contributed by atoms with van der Waals surface area (Å²) in [5, 5.41) is 3.88. The Balaban J connectivity index is 1.95. The van der Waals surface area contributed by atoms with Crippen LogP contribution in [0.4, 0.5) is 0 Å². The van der Waals surface area contributed by atoms with Crippen molar-refractivity contribution in [3.63, 3.8) is 0 Å². The molecule has 4 nitrogen and oxygen atoms in total. The van der Waals surface area contributed by atoms with Crippen molar-refractivity contribution in [3.8, 4) is 0 Å². The lowest BCUT2D eigenvalue weighted by Gasteiger charge is -2.26. The summed E-state index contributed by atoms with van der Waals surface area (Å²) in [7, 11) is 0. The molecule has 0 saturated carbocycles. The molecule has 0 atom stereocenters. The monoisotopic (exact) mass is 200 g/mol. The van der Waals surface area contributed by atoms with Crippen LogP contribution in [-0.2, 0) is 9.57 Å². The SMILES string of the molecule is CC(C)=NOCCCN1CCOCC1. The van der Waals surface area contributed by atoms with Crippen molar-refractivity contribution < 1.29 is 9.57 Å². The lowest BCUT2D eigenvalue weighted by atomic mass is 10.3. The van der Waals surface area contributed by atoms with E-state index in [4.69, 9.17) is 9.57 Å². The van der Waals surface area contributed by atoms with Crippen LogP contribution in [0.25, 0.3) is 0 Å². The smallest absolute Gasteiger partial charge is 0.118 e. The molecule has 0 unspecified atom stereocenters. The number of morpholine rings is 1. The molecular weight excluding hydrogens is 180 g/mol. The van der Waals surface area contributed by atoms with Gasteiger partial charge in [-0.25, -0.2) is 0 Å². The third-order valence-corrected chi connectivity index (χ3v) is 2.06. The second-order valence-electron chi connectivity index (χ2n) is 3.68. The highest BCUT2D eigenvalue weighted by molar-refractivity contribution is 5.78. The van der Waals surface area contributed by atoms with E-state index in [1.807, 2.05) is 13.8 Å². The molecule has 14 heavy (non-hydrogen) atoms. The second-order valence-corrected chi connectivity index (χ2v) is 3.68. The number of hydrogen-bond acceptors (Lipinski definition) is 4. The van der Waals surface area contributed by atoms with Gasteiger partial charge in [0.05, 0.1) is 18.9 Å². The van der Waals surface area contributed by atoms with E-state index >= 15 is 0 Å². The summed E-state index contributed by atoms with van der Waals surface area (Å²) in [6, 6.07) is 0. The summed E-state index contributed by atoms with van der Waals surface area (Å²) in [6.07, 6.45) is 1.04. The molecule has 0 aromatic carbocycles. The Morgan fingerprint density at radius 1 is 1.36 bits per heavy atom. The van der Waals surface area contributed by atoms with Crippen molar-refractivity contribution in [2.75, 3.05) is 39.5 Å². The predicted octanol–water partition coefficient (Wildman–Crippen LogP) is 1.12. The van der Waals surface area contributed by atoms with Gasteiger partial charge in [0.15, 0.2) is 0 Å². The lowest BCUT2D eigenvalue weighted by molar-refractivity contribution is 0.0322. The fraction of sp³-hybridized carbons (Fsp3) is 0.900. The van der Waals surface area contributed by atoms with E-state index in [1.54, 1.807) is 0 Å². The van der Waals surface area contributed by atoms with Crippen LogP contribution in [0.1, 0.15) is 20.3 Å². The fourth-order valence-corrected chi connectivity index (χ4v) is 1.35. The van der Waals surface area contributed by atoms with E-state index in [9.17, 15) is 0 Å². The van der Waals surface area contributed by atoms with Crippen molar-refractivity contribution in [3.05, 3.63) is 0 Å². The number of nitrogens with zero attached hydrogens (tertiary/aromatic N) is 2. The van der Waals surface area contributed by atoms with E-state index in [0.717, 1.165) is 45.0 Å². The molecule has 0 amide bonds. The molecule has 1 fully saturated rings. The van der Waals surface area contributed by atoms with Crippen molar-refractivity contribution in [2.45, 2.75) is 20.3 Å². The Hall–Kier alpha value is -0.610. The summed E-state index contributed by atoms with van der Waals surface area (Å²) in [4.78, 5) is 7.51. The molecule has 1 saturated heterocycles. The van der Waals surface area contributed by atoms with Gasteiger partial charge in [-0.2, -0.15) is 0 Å². The Kier molecular flexibility index (Phi) is 5.56. The largest absolute Gasteiger partial charge is 0.396 e. The summed E-state index contributed by atoms with van der Waals surface area (Å²) in [6.45, 7) is 9.50. The molecule has 0 N–H and O–H groups in total. The molecule has 1 rings (SSSR count). The molecule has 0 radical (unpaired) electrons. The van der Waals surface area contributed by atoms with Gasteiger partial charge in [-0.15, -0.1) is 0 Å². The zero-order valence-electron chi connectivity index (χ0n) is 9.16. The molecule has 0 aromatic rings. The quantitative estimate of drug-likeness (QED) is 0.379. The third kappa shape index (κ3) is 5.19. The first-order chi connectivity index (χ1) is 6.79. The molecule has 1 heterocycles. The number of ether oxygens (including phenoxy) is 1. The highest BCUT2D eigenvalue weighted by Crippen LogP contribution is 1.98. The van der Waals surface area contributed by atoms with Crippen LogP contribution in [0.2, 0.25) is 0 Å². The van der Waals surface area contributed by atoms with Crippen LogP contribution in [-0.4, -0.2) is 50.1 Å². The summed E-state index contributed by atoms with van der Waals surface area (Å²) >= 11 is 0. The molecule has 1 aliphatic heterocycles. The molecular formula is C10H20N2O2. The molecule has 0 aliphatic carbocycles. The highest BCUT2D eigenvalue weighted by Gasteiger charge is 2.08. The minimum atomic E-state index is 0.711. The summed E-state index contributed by atoms with van der Waals surface area (Å²) < 4.78 is 5.26. The Labute approximate surface area is 85.9 Å². The van der Waals surface area contributed by atoms with E-state index < -0.39 is 0 Å². The zero-order valence-corrected chi connectivity index (χ0v) is 9.16. The van der Waals surface area contributed by atoms with Gasteiger partial charge in [0.25, 0.3) is 0 Å². The molecule has 1 aliphatic rings. The fourth-order valence-electron chi connectivity index (χ4n) is 1.35. The predicted molar refractivity (Wildman–Crippen MR) is 56.6 cm³/mol. The van der Waals surface area contributed by atoms with E-state index in [0.29, 0.717) is 6.61 Å². The summed E-state index contributed by atoms with van der Waals surface area (Å²) in [5.41, 5.74) is 0.969. The molecule has 0 bridgehead atoms. The zero-order chi connectivity index (χ0) is 10.2. The first-order valence-corrected chi connectivity index (χ1v) is 5.22. The highest BCUT2D eigenvalue weighted by atomic mass is 16.6. The van der Waals surface area contributed by atoms with Gasteiger partial charge in [0, 0.05) is 19.6 Å². The standard InChI is InChI=1S/C10H20N2O2/c1-10(2)11-14-7-3-4-12-5-8-13-9-6-12/h3-9H2,1-2H3. The van der Waals surface area contributed by atoms with Crippen molar-refractivity contribution in [2.24, 2.45) is 5.16 Å². The van der Waals surface area contributed by atoms with E-state index in [1.165, 1.54) is 0 Å². The van der Waals surface area contributed by atoms with Gasteiger partial charge in [0.2, 0.25) is 0 Å². The summed E-state index contributed by atoms with van der Waals surface area (Å²) in [5.74, 6) is 0. The van der Waals surface area contributed by atoms with E-state index in [2.05, 4.69) is 10.1 Å². The Bertz CT molecular complexity index is 173. The minimum Gasteiger partial charge on any atom is -0.396 e. The van der Waals surface area contributed by atoms with Crippen molar-refractivity contribution in [1.29, 1.82) is 0 Å². The average Bonchev–Trinajstić information content (AvgIpc) is 2.18. The Morgan fingerprint density at radius 3 is 2.71 bits per heavy atom. The maximum atomic E-state index is 5.26. The van der Waals surface area contributed by atoms with Crippen molar-refractivity contribution in [1.82, 2.24) is 4.90 Å². The molecule has 0 spiro atoms. The van der Waals surface area contributed by atoms with Crippen LogP contribution in [0.5, 0.6) is 0 Å². The van der Waals surface area contributed by atoms with E-state index in [-0.39, 0.29) is 0 Å². The number of rotatable bonds is 5. The maximum Gasteiger partial charge on any atom is 0.118 e. The molecule has 82 valence electrons. The first-order valence-electron chi connectivity index (χ1n) is 5.22. The second kappa shape index (κ2) is 6.79. The lowest BCUT2D eigenvalue weighted by Crippen LogP contribution is -2.37. The van der Waals surface area contributed by atoms with Crippen LogP contribution >= 0.6 is 0 Å². The van der Waals surface area contributed by atoms with Gasteiger partial charge in [-0.05, 0) is 20.3 Å². The van der Waals surface area contributed by atoms with Gasteiger partial charge in [0.1, 0.15) is 6.61 Å². The van der Waals surface area contributed by atoms with Crippen LogP contribution in [0, 0.1) is 0 Å². The van der Waals surface area contributed by atoms with Gasteiger partial charge in [-0.1, -0.05) is 5.16 Å². The van der Waals surface area contributed by atoms with Gasteiger partial charge in [-0.3, -0.25) is 4.90 Å². The first kappa shape index (κ1) is 11.5. The third-order valence-electron chi connectivity index (χ3n) is 2.06. The molecule has 0 aromatic heterocycles. The molecule has 4 heteroatoms. The van der Waals surface area contributed by atoms with Crippen LogP contribution in [0.3, 0.4) is 0 Å². The Morgan fingerprint density at radius 2 is 2.07 bits per heavy atom.